The highest BCUT2D eigenvalue weighted by atomic mass is 32.2. The summed E-state index contributed by atoms with van der Waals surface area (Å²) in [6.45, 7) is 3.71. The zero-order valence-corrected chi connectivity index (χ0v) is 17.7. The maximum atomic E-state index is 12.5. The molecule has 0 spiro atoms. The predicted octanol–water partition coefficient (Wildman–Crippen LogP) is 3.79. The van der Waals surface area contributed by atoms with Gasteiger partial charge in [-0.25, -0.2) is 9.97 Å². The highest BCUT2D eigenvalue weighted by Crippen LogP contribution is 2.23. The van der Waals surface area contributed by atoms with Crippen molar-refractivity contribution in [2.24, 2.45) is 0 Å². The number of rotatable bonds is 7. The van der Waals surface area contributed by atoms with Crippen LogP contribution in [0.1, 0.15) is 10.4 Å². The minimum absolute atomic E-state index is 0.0688. The number of nitrogens with zero attached hydrogens (tertiary/aromatic N) is 4. The summed E-state index contributed by atoms with van der Waals surface area (Å²) in [4.78, 5) is 25.9. The van der Waals surface area contributed by atoms with E-state index in [2.05, 4.69) is 44.0 Å². The molecule has 154 valence electrons. The van der Waals surface area contributed by atoms with E-state index in [9.17, 15) is 4.79 Å². The molecule has 0 amide bonds. The van der Waals surface area contributed by atoms with Crippen molar-refractivity contribution < 1.29 is 9.53 Å². The third kappa shape index (κ3) is 4.91. The molecule has 0 saturated carbocycles. The summed E-state index contributed by atoms with van der Waals surface area (Å²) in [5.41, 5.74) is 1.93. The van der Waals surface area contributed by atoms with E-state index in [0.29, 0.717) is 11.3 Å². The van der Waals surface area contributed by atoms with Gasteiger partial charge in [-0.3, -0.25) is 4.79 Å². The Labute approximate surface area is 180 Å². The number of Topliss-reactive ketones (excluding diaryl/α,β-unsaturated/α-hetero) is 1. The fourth-order valence-corrected chi connectivity index (χ4v) is 4.17. The van der Waals surface area contributed by atoms with Crippen LogP contribution in [0.25, 0.3) is 0 Å². The quantitative estimate of drug-likeness (QED) is 0.327. The van der Waals surface area contributed by atoms with Crippen LogP contribution < -0.4 is 14.5 Å². The average molecular weight is 421 g/mol. The second-order valence-electron chi connectivity index (χ2n) is 6.96. The number of methoxy groups -OCH3 is 1. The molecule has 1 aromatic heterocycles. The first-order valence-electron chi connectivity index (χ1n) is 9.90. The molecule has 0 radical (unpaired) electrons. The summed E-state index contributed by atoms with van der Waals surface area (Å²) in [6.07, 6.45) is 1.58. The van der Waals surface area contributed by atoms with E-state index in [1.807, 2.05) is 12.1 Å². The minimum Gasteiger partial charge on any atom is -0.497 e. The summed E-state index contributed by atoms with van der Waals surface area (Å²) in [7, 11) is 1.61. The number of aromatic nitrogens is 2. The largest absolute Gasteiger partial charge is 0.497 e. The van der Waals surface area contributed by atoms with Gasteiger partial charge in [-0.15, -0.1) is 0 Å². The molecule has 1 saturated heterocycles. The summed E-state index contributed by atoms with van der Waals surface area (Å²) in [5, 5.41) is 0.812. The summed E-state index contributed by atoms with van der Waals surface area (Å²) in [6, 6.07) is 19.6. The molecule has 1 aliphatic heterocycles. The Morgan fingerprint density at radius 1 is 0.967 bits per heavy atom. The number of ketones is 1. The normalized spacial score (nSPS) is 13.9. The molecular weight excluding hydrogens is 396 g/mol. The average Bonchev–Trinajstić information content (AvgIpc) is 2.83. The van der Waals surface area contributed by atoms with Crippen LogP contribution in [-0.2, 0) is 0 Å². The Morgan fingerprint density at radius 3 is 2.37 bits per heavy atom. The second kappa shape index (κ2) is 9.63. The van der Waals surface area contributed by atoms with Crippen molar-refractivity contribution in [2.45, 2.75) is 5.03 Å². The van der Waals surface area contributed by atoms with Gasteiger partial charge >= 0.3 is 0 Å². The Bertz CT molecular complexity index is 974. The van der Waals surface area contributed by atoms with Gasteiger partial charge in [-0.2, -0.15) is 0 Å². The Balaban J connectivity index is 1.33. The third-order valence-corrected chi connectivity index (χ3v) is 6.04. The van der Waals surface area contributed by atoms with Gasteiger partial charge in [0.15, 0.2) is 5.78 Å². The molecule has 0 N–H and O–H groups in total. The fourth-order valence-electron chi connectivity index (χ4n) is 3.41. The highest BCUT2D eigenvalue weighted by Gasteiger charge is 2.19. The number of ether oxygens (including phenoxy) is 1. The fraction of sp³-hybridized carbons (Fsp3) is 0.261. The van der Waals surface area contributed by atoms with Crippen LogP contribution in [0.15, 0.2) is 72.0 Å². The molecule has 1 fully saturated rings. The molecule has 1 aliphatic rings. The zero-order chi connectivity index (χ0) is 20.8. The molecular formula is C23H24N4O2S. The van der Waals surface area contributed by atoms with E-state index < -0.39 is 0 Å². The van der Waals surface area contributed by atoms with Gasteiger partial charge < -0.3 is 14.5 Å². The van der Waals surface area contributed by atoms with Gasteiger partial charge in [0.2, 0.25) is 0 Å². The second-order valence-corrected chi connectivity index (χ2v) is 7.96. The maximum absolute atomic E-state index is 12.5. The monoisotopic (exact) mass is 420 g/mol. The number of thioether (sulfide) groups is 1. The lowest BCUT2D eigenvalue weighted by molar-refractivity contribution is 0.102. The molecule has 3 aromatic rings. The van der Waals surface area contributed by atoms with Crippen LogP contribution in [0, 0.1) is 0 Å². The van der Waals surface area contributed by atoms with Crippen molar-refractivity contribution in [1.29, 1.82) is 0 Å². The van der Waals surface area contributed by atoms with E-state index in [1.165, 1.54) is 17.4 Å². The lowest BCUT2D eigenvalue weighted by Crippen LogP contribution is -2.46. The Kier molecular flexibility index (Phi) is 6.49. The van der Waals surface area contributed by atoms with Gasteiger partial charge in [0.25, 0.3) is 0 Å². The van der Waals surface area contributed by atoms with Gasteiger partial charge in [0.05, 0.1) is 12.9 Å². The van der Waals surface area contributed by atoms with Crippen LogP contribution in [0.4, 0.5) is 11.5 Å². The van der Waals surface area contributed by atoms with E-state index >= 15 is 0 Å². The smallest absolute Gasteiger partial charge is 0.173 e. The van der Waals surface area contributed by atoms with Crippen LogP contribution in [0.3, 0.4) is 0 Å². The number of benzene rings is 2. The SMILES string of the molecule is COc1ccc(C(=O)CSc2cc(N3CCN(c4ccccc4)CC3)ncn2)cc1. The summed E-state index contributed by atoms with van der Waals surface area (Å²) in [5.74, 6) is 2.06. The van der Waals surface area contributed by atoms with Gasteiger partial charge in [0, 0.05) is 43.5 Å². The van der Waals surface area contributed by atoms with Crippen molar-refractivity contribution in [1.82, 2.24) is 9.97 Å². The first-order valence-corrected chi connectivity index (χ1v) is 10.9. The van der Waals surface area contributed by atoms with Crippen molar-refractivity contribution in [3.8, 4) is 5.75 Å². The van der Waals surface area contributed by atoms with Crippen LogP contribution in [-0.4, -0.2) is 54.8 Å². The van der Waals surface area contributed by atoms with E-state index in [1.54, 1.807) is 37.7 Å². The molecule has 4 rings (SSSR count). The molecule has 0 unspecified atom stereocenters. The van der Waals surface area contributed by atoms with Crippen LogP contribution >= 0.6 is 11.8 Å². The molecule has 6 nitrogen and oxygen atoms in total. The van der Waals surface area contributed by atoms with E-state index in [-0.39, 0.29) is 5.78 Å². The topological polar surface area (TPSA) is 58.6 Å². The third-order valence-electron chi connectivity index (χ3n) is 5.12. The first kappa shape index (κ1) is 20.2. The zero-order valence-electron chi connectivity index (χ0n) is 16.9. The van der Waals surface area contributed by atoms with Crippen molar-refractivity contribution >= 4 is 29.1 Å². The van der Waals surface area contributed by atoms with E-state index in [4.69, 9.17) is 4.74 Å². The van der Waals surface area contributed by atoms with Gasteiger partial charge in [0.1, 0.15) is 22.9 Å². The van der Waals surface area contributed by atoms with Gasteiger partial charge in [-0.1, -0.05) is 30.0 Å². The molecule has 0 bridgehead atoms. The standard InChI is InChI=1S/C23H24N4O2S/c1-29-20-9-7-18(8-10-20)21(28)16-30-23-15-22(24-17-25-23)27-13-11-26(12-14-27)19-5-3-2-4-6-19/h2-10,15,17H,11-14,16H2,1H3. The number of anilines is 2. The number of hydrogen-bond acceptors (Lipinski definition) is 7. The van der Waals surface area contributed by atoms with Gasteiger partial charge in [-0.05, 0) is 36.4 Å². The summed E-state index contributed by atoms with van der Waals surface area (Å²) >= 11 is 1.44. The molecule has 2 aromatic carbocycles. The van der Waals surface area contributed by atoms with Crippen LogP contribution in [0.2, 0.25) is 0 Å². The molecule has 30 heavy (non-hydrogen) atoms. The van der Waals surface area contributed by atoms with Crippen molar-refractivity contribution in [3.05, 3.63) is 72.6 Å². The number of piperazine rings is 1. The van der Waals surface area contributed by atoms with E-state index in [0.717, 1.165) is 42.8 Å². The molecule has 0 aliphatic carbocycles. The van der Waals surface area contributed by atoms with Crippen molar-refractivity contribution in [3.63, 3.8) is 0 Å². The Morgan fingerprint density at radius 2 is 1.67 bits per heavy atom. The number of carbonyl (C=O) groups is 1. The van der Waals surface area contributed by atoms with Crippen LogP contribution in [0.5, 0.6) is 5.75 Å². The predicted molar refractivity (Wildman–Crippen MR) is 121 cm³/mol. The minimum atomic E-state index is 0.0688. The number of carbonyl (C=O) groups excluding carboxylic acids is 1. The lowest BCUT2D eigenvalue weighted by atomic mass is 10.1. The number of hydrogen-bond donors (Lipinski definition) is 0. The Hall–Kier alpha value is -3.06. The summed E-state index contributed by atoms with van der Waals surface area (Å²) < 4.78 is 5.14. The maximum Gasteiger partial charge on any atom is 0.173 e. The first-order chi connectivity index (χ1) is 14.7. The lowest BCUT2D eigenvalue weighted by Gasteiger charge is -2.36. The molecule has 0 atom stereocenters. The van der Waals surface area contributed by atoms with Crippen molar-refractivity contribution in [2.75, 3.05) is 48.8 Å². The highest BCUT2D eigenvalue weighted by molar-refractivity contribution is 7.99. The molecule has 2 heterocycles. The number of para-hydroxylation sites is 1. The molecule has 7 heteroatoms.